The topological polar surface area (TPSA) is 61.6 Å². The number of halogens is 2. The van der Waals surface area contributed by atoms with Crippen LogP contribution in [0.15, 0.2) is 82.8 Å². The van der Waals surface area contributed by atoms with E-state index in [1.807, 2.05) is 37.2 Å². The number of nitrogens with zero attached hydrogens (tertiary/aromatic N) is 2. The van der Waals surface area contributed by atoms with Crippen molar-refractivity contribution in [2.45, 2.75) is 56.4 Å². The minimum Gasteiger partial charge on any atom is -0.662 e. The second-order valence-electron chi connectivity index (χ2n) is 10.1. The summed E-state index contributed by atoms with van der Waals surface area (Å²) in [5.74, 6) is 0. The molecule has 0 aromatic heterocycles. The number of rotatable bonds is 9. The van der Waals surface area contributed by atoms with E-state index in [2.05, 4.69) is 96.1 Å². The molecule has 38 heavy (non-hydrogen) atoms. The number of hydrogen-bond donors (Lipinski definition) is 3. The van der Waals surface area contributed by atoms with Crippen molar-refractivity contribution in [3.05, 3.63) is 88.1 Å². The molecular formula is C29H40AcBBr2N4O-. The zero-order valence-electron chi connectivity index (χ0n) is 22.5. The molecule has 1 radical (unpaired) electrons. The monoisotopic (exact) mass is 856 g/mol. The van der Waals surface area contributed by atoms with Crippen LogP contribution in [0.5, 0.6) is 0 Å². The van der Waals surface area contributed by atoms with Gasteiger partial charge >= 0.3 is 7.05 Å². The Morgan fingerprint density at radius 2 is 1.29 bits per heavy atom. The van der Waals surface area contributed by atoms with Crippen LogP contribution in [0.25, 0.3) is 5.32 Å². The van der Waals surface area contributed by atoms with Crippen LogP contribution in [0.1, 0.15) is 38.5 Å². The number of benzene rings is 2. The molecule has 0 bridgehead atoms. The number of piperidine rings is 2. The summed E-state index contributed by atoms with van der Waals surface area (Å²) >= 11 is 7.18. The second-order valence-corrected chi connectivity index (χ2v) is 11.8. The average molecular weight is 858 g/mol. The Labute approximate surface area is 282 Å². The van der Waals surface area contributed by atoms with Gasteiger partial charge in [-0.05, 0) is 115 Å². The first kappa shape index (κ1) is 34.1. The molecule has 4 rings (SSSR count). The van der Waals surface area contributed by atoms with Crippen LogP contribution in [0.2, 0.25) is 6.82 Å². The van der Waals surface area contributed by atoms with Crippen LogP contribution in [0, 0.1) is 44.1 Å². The third-order valence-electron chi connectivity index (χ3n) is 7.40. The number of para-hydroxylation sites is 2. The van der Waals surface area contributed by atoms with E-state index in [0.29, 0.717) is 0 Å². The fourth-order valence-electron chi connectivity index (χ4n) is 5.16. The Morgan fingerprint density at radius 3 is 1.68 bits per heavy atom. The van der Waals surface area contributed by atoms with Crippen LogP contribution in [-0.2, 0) is 0 Å². The van der Waals surface area contributed by atoms with Gasteiger partial charge in [-0.1, -0.05) is 36.4 Å². The average Bonchev–Trinajstić information content (AvgIpc) is 2.88. The van der Waals surface area contributed by atoms with E-state index in [9.17, 15) is 5.02 Å². The molecule has 203 valence electrons. The maximum Gasteiger partial charge on any atom is 0.376 e. The van der Waals surface area contributed by atoms with E-state index in [1.165, 1.54) is 0 Å². The van der Waals surface area contributed by atoms with Gasteiger partial charge in [0.15, 0.2) is 0 Å². The predicted molar refractivity (Wildman–Crippen MR) is 168 cm³/mol. The van der Waals surface area contributed by atoms with Crippen molar-refractivity contribution in [2.24, 2.45) is 0 Å². The molecule has 5 nitrogen and oxygen atoms in total. The Bertz CT molecular complexity index is 1010. The maximum atomic E-state index is 9.69. The van der Waals surface area contributed by atoms with Crippen LogP contribution in [-0.4, -0.2) is 54.1 Å². The largest absolute Gasteiger partial charge is 0.662 e. The number of nitrogens with one attached hydrogen (secondary N) is 2. The van der Waals surface area contributed by atoms with E-state index in [-0.39, 0.29) is 62.2 Å². The molecule has 2 aliphatic rings. The summed E-state index contributed by atoms with van der Waals surface area (Å²) in [5, 5.41) is 21.5. The third kappa shape index (κ3) is 10.1. The standard InChI is InChI=1S/C15H22BBrN2O.C14H18BrN2.Ac/c1-3-8-15(9-11-19(12-10-15)16(2)20)18-14-7-5-4-6-13(14)17;1-2-7-14(8-10-16-11-9-14)17-13-6-4-3-5-12(13)15;/h3-7,18,20H,1,8-12H2,2H3;2-6,17H,1,7-11H2;/q;-1;. The van der Waals surface area contributed by atoms with Crippen molar-refractivity contribution in [3.8, 4) is 0 Å². The van der Waals surface area contributed by atoms with Crippen molar-refractivity contribution in [3.63, 3.8) is 0 Å². The van der Waals surface area contributed by atoms with Gasteiger partial charge in [0.2, 0.25) is 0 Å². The molecule has 2 fully saturated rings. The molecular weight excluding hydrogens is 818 g/mol. The third-order valence-corrected chi connectivity index (χ3v) is 8.78. The fourth-order valence-corrected chi connectivity index (χ4v) is 5.93. The minimum atomic E-state index is -0.361. The first-order chi connectivity index (χ1) is 17.8. The zero-order chi connectivity index (χ0) is 26.7. The van der Waals surface area contributed by atoms with Gasteiger partial charge in [-0.3, -0.25) is 0 Å². The summed E-state index contributed by atoms with van der Waals surface area (Å²) < 4.78 is 2.20. The molecule has 0 spiro atoms. The summed E-state index contributed by atoms with van der Waals surface area (Å²) in [6, 6.07) is 16.5. The van der Waals surface area contributed by atoms with Crippen molar-refractivity contribution in [1.29, 1.82) is 0 Å². The van der Waals surface area contributed by atoms with E-state index in [0.717, 1.165) is 85.0 Å². The Balaban J connectivity index is 0.000000263. The van der Waals surface area contributed by atoms with Gasteiger partial charge in [-0.2, -0.15) is 0 Å². The molecule has 0 unspecified atom stereocenters. The van der Waals surface area contributed by atoms with Gasteiger partial charge in [0, 0.05) is 75.5 Å². The Kier molecular flexibility index (Phi) is 15.2. The van der Waals surface area contributed by atoms with Gasteiger partial charge in [0.05, 0.1) is 0 Å². The van der Waals surface area contributed by atoms with E-state index < -0.39 is 0 Å². The molecule has 3 N–H and O–H groups in total. The van der Waals surface area contributed by atoms with Crippen LogP contribution in [0.3, 0.4) is 0 Å². The normalized spacial score (nSPS) is 18.1. The molecule has 0 aliphatic carbocycles. The SMILES string of the molecule is C=CCC1(Nc2ccccc2Br)CCN(B(C)O)CC1.C=CCC1(Nc2ccccc2Br)CC[N-]CC1.[Ac]. The van der Waals surface area contributed by atoms with E-state index in [4.69, 9.17) is 0 Å². The first-order valence-electron chi connectivity index (χ1n) is 13.1. The maximum absolute atomic E-state index is 9.69. The molecule has 2 aromatic rings. The van der Waals surface area contributed by atoms with Crippen LogP contribution in [0.4, 0.5) is 11.4 Å². The van der Waals surface area contributed by atoms with Gasteiger partial charge in [-0.25, -0.2) is 0 Å². The summed E-state index contributed by atoms with van der Waals surface area (Å²) in [6.07, 6.45) is 10.1. The van der Waals surface area contributed by atoms with Crippen LogP contribution >= 0.6 is 31.9 Å². The van der Waals surface area contributed by atoms with Gasteiger partial charge in [0.1, 0.15) is 0 Å². The van der Waals surface area contributed by atoms with Crippen molar-refractivity contribution < 1.29 is 49.1 Å². The fraction of sp³-hybridized carbons (Fsp3) is 0.448. The minimum absolute atomic E-state index is 0. The van der Waals surface area contributed by atoms with Crippen LogP contribution < -0.4 is 10.6 Å². The summed E-state index contributed by atoms with van der Waals surface area (Å²) in [7, 11) is -0.361. The molecule has 2 heterocycles. The van der Waals surface area contributed by atoms with Crippen molar-refractivity contribution in [1.82, 2.24) is 4.81 Å². The molecule has 0 saturated carbocycles. The summed E-state index contributed by atoms with van der Waals surface area (Å²) in [5.41, 5.74) is 2.46. The van der Waals surface area contributed by atoms with E-state index in [1.54, 1.807) is 0 Å². The molecule has 2 aliphatic heterocycles. The second kappa shape index (κ2) is 17.0. The number of hydrogen-bond acceptors (Lipinski definition) is 4. The molecule has 2 saturated heterocycles. The molecule has 0 atom stereocenters. The van der Waals surface area contributed by atoms with Gasteiger partial charge < -0.3 is 25.8 Å². The number of anilines is 2. The Hall–Kier alpha value is -0.134. The Morgan fingerprint density at radius 1 is 0.868 bits per heavy atom. The van der Waals surface area contributed by atoms with Gasteiger partial charge in [0.25, 0.3) is 0 Å². The summed E-state index contributed by atoms with van der Waals surface area (Å²) in [4.78, 5) is 2.11. The zero-order valence-corrected chi connectivity index (χ0v) is 30.4. The molecule has 2 aromatic carbocycles. The predicted octanol–water partition coefficient (Wildman–Crippen LogP) is 7.73. The first-order valence-corrected chi connectivity index (χ1v) is 14.7. The van der Waals surface area contributed by atoms with E-state index >= 15 is 0 Å². The van der Waals surface area contributed by atoms with Crippen molar-refractivity contribution >= 4 is 50.3 Å². The summed E-state index contributed by atoms with van der Waals surface area (Å²) in [6.45, 7) is 13.3. The van der Waals surface area contributed by atoms with Crippen molar-refractivity contribution in [2.75, 3.05) is 36.8 Å². The van der Waals surface area contributed by atoms with Gasteiger partial charge in [-0.15, -0.1) is 26.2 Å². The molecule has 9 heteroatoms. The quantitative estimate of drug-likeness (QED) is 0.179. The smallest absolute Gasteiger partial charge is 0.376 e. The molecule has 0 amide bonds.